The number of aryl methyl sites for hydroxylation is 1. The van der Waals surface area contributed by atoms with Crippen molar-refractivity contribution in [3.8, 4) is 0 Å². The van der Waals surface area contributed by atoms with E-state index in [1.54, 1.807) is 0 Å². The van der Waals surface area contributed by atoms with E-state index in [1.807, 2.05) is 7.05 Å². The summed E-state index contributed by atoms with van der Waals surface area (Å²) >= 11 is 18.4. The number of rotatable bonds is 4. The molecule has 0 unspecified atom stereocenters. The summed E-state index contributed by atoms with van der Waals surface area (Å²) in [5, 5.41) is 0. The smallest absolute Gasteiger partial charge is 0.187 e. The van der Waals surface area contributed by atoms with Gasteiger partial charge in [-0.3, -0.25) is 0 Å². The van der Waals surface area contributed by atoms with Gasteiger partial charge in [0.1, 0.15) is 7.05 Å². The van der Waals surface area contributed by atoms with Gasteiger partial charge in [0.15, 0.2) is 11.4 Å². The van der Waals surface area contributed by atoms with Gasteiger partial charge in [0.2, 0.25) is 0 Å². The van der Waals surface area contributed by atoms with Gasteiger partial charge in [-0.15, -0.1) is 25.3 Å². The lowest BCUT2D eigenvalue weighted by molar-refractivity contribution is -0.685. The molecule has 0 aliphatic carbocycles. The molecule has 0 atom stereocenters. The third-order valence-electron chi connectivity index (χ3n) is 2.31. The van der Waals surface area contributed by atoms with Crippen molar-refractivity contribution >= 4 is 58.1 Å². The maximum absolute atomic E-state index is 5.02. The Hall–Kier alpha value is 0.0300. The zero-order chi connectivity index (χ0) is 12.3. The second-order valence-electron chi connectivity index (χ2n) is 3.72. The summed E-state index contributed by atoms with van der Waals surface area (Å²) < 4.78 is 3.50. The highest BCUT2D eigenvalue weighted by Gasteiger charge is 2.15. The van der Waals surface area contributed by atoms with Crippen molar-refractivity contribution in [3.05, 3.63) is 29.1 Å². The van der Waals surface area contributed by atoms with Crippen LogP contribution in [0.5, 0.6) is 0 Å². The number of hydrogen-bond donors (Lipinski definition) is 2. The highest BCUT2D eigenvalue weighted by atomic mass is 32.1. The van der Waals surface area contributed by atoms with Crippen LogP contribution >= 0.6 is 49.7 Å². The minimum atomic E-state index is 0.695. The quantitative estimate of drug-likeness (QED) is 0.498. The van der Waals surface area contributed by atoms with Crippen LogP contribution in [0.2, 0.25) is 0 Å². The van der Waals surface area contributed by atoms with Crippen LogP contribution in [0.15, 0.2) is 12.1 Å². The van der Waals surface area contributed by atoms with Crippen LogP contribution < -0.4 is 4.57 Å². The van der Waals surface area contributed by atoms with E-state index >= 15 is 0 Å². The number of hydrogen-bond acceptors (Lipinski definition) is 2. The summed E-state index contributed by atoms with van der Waals surface area (Å²) in [6, 6.07) is 4.24. The van der Waals surface area contributed by atoms with E-state index in [4.69, 9.17) is 24.4 Å². The van der Waals surface area contributed by atoms with Gasteiger partial charge in [-0.2, -0.15) is 0 Å². The molecule has 1 nitrogen and oxygen atoms in total. The summed E-state index contributed by atoms with van der Waals surface area (Å²) in [4.78, 5) is 0. The van der Waals surface area contributed by atoms with Crippen LogP contribution in [0.1, 0.15) is 17.0 Å². The van der Waals surface area contributed by atoms with Crippen LogP contribution in [0, 0.1) is 6.92 Å². The van der Waals surface area contributed by atoms with Crippen molar-refractivity contribution in [1.29, 1.82) is 0 Å². The Labute approximate surface area is 118 Å². The predicted molar refractivity (Wildman–Crippen MR) is 82.9 cm³/mol. The zero-order valence-corrected chi connectivity index (χ0v) is 12.6. The van der Waals surface area contributed by atoms with Crippen LogP contribution in [0.25, 0.3) is 0 Å². The molecule has 0 amide bonds. The summed E-state index contributed by atoms with van der Waals surface area (Å²) in [6.07, 6.45) is 1.39. The highest BCUT2D eigenvalue weighted by molar-refractivity contribution is 8.11. The molecule has 0 N–H and O–H groups in total. The Morgan fingerprint density at radius 1 is 1.12 bits per heavy atom. The molecule has 0 fully saturated rings. The summed E-state index contributed by atoms with van der Waals surface area (Å²) in [5.74, 6) is 0. The molecule has 1 aromatic rings. The minimum absolute atomic E-state index is 0.695. The van der Waals surface area contributed by atoms with E-state index in [0.717, 1.165) is 11.4 Å². The molecule has 0 saturated carbocycles. The minimum Gasteiger partial charge on any atom is -0.202 e. The number of thiol groups is 2. The van der Waals surface area contributed by atoms with E-state index in [1.165, 1.54) is 5.56 Å². The summed E-state index contributed by atoms with van der Waals surface area (Å²) in [5.41, 5.74) is 3.51. The first-order chi connectivity index (χ1) is 7.40. The molecule has 0 bridgehead atoms. The fraction of sp³-hybridized carbons (Fsp3) is 0.364. The fourth-order valence-electron chi connectivity index (χ4n) is 1.59. The Bertz CT molecular complexity index is 403. The van der Waals surface area contributed by atoms with Crippen molar-refractivity contribution in [1.82, 2.24) is 0 Å². The molecule has 0 spiro atoms. The maximum Gasteiger partial charge on any atom is 0.187 e. The monoisotopic (exact) mass is 288 g/mol. The lowest BCUT2D eigenvalue weighted by Crippen LogP contribution is -2.39. The third kappa shape index (κ3) is 4.13. The van der Waals surface area contributed by atoms with Crippen molar-refractivity contribution < 1.29 is 4.57 Å². The van der Waals surface area contributed by atoms with Crippen LogP contribution in [0.3, 0.4) is 0 Å². The molecule has 0 aliphatic rings. The summed E-state index contributed by atoms with van der Waals surface area (Å²) in [6.45, 7) is 2.07. The first kappa shape index (κ1) is 14.1. The largest absolute Gasteiger partial charge is 0.202 e. The molecule has 1 rings (SSSR count). The van der Waals surface area contributed by atoms with Gasteiger partial charge < -0.3 is 0 Å². The zero-order valence-electron chi connectivity index (χ0n) is 9.23. The van der Waals surface area contributed by atoms with Crippen LogP contribution in [0.4, 0.5) is 0 Å². The van der Waals surface area contributed by atoms with Crippen molar-refractivity contribution in [3.63, 3.8) is 0 Å². The van der Waals surface area contributed by atoms with Gasteiger partial charge in [0, 0.05) is 12.1 Å². The van der Waals surface area contributed by atoms with E-state index in [-0.39, 0.29) is 0 Å². The standard InChI is InChI=1S/C11H13NS4/c1-7-3-8(5-10(13)14)12(2)9(4-7)6-11(15)16/h3-4H,5-6H2,1-2H3,(H-,13,14,15,16)/p+1. The highest BCUT2D eigenvalue weighted by Crippen LogP contribution is 2.07. The van der Waals surface area contributed by atoms with Crippen molar-refractivity contribution in [2.24, 2.45) is 7.05 Å². The van der Waals surface area contributed by atoms with Gasteiger partial charge in [0.05, 0.1) is 21.2 Å². The average molecular weight is 289 g/mol. The molecule has 86 valence electrons. The molecule has 1 heterocycles. The van der Waals surface area contributed by atoms with E-state index in [0.29, 0.717) is 21.2 Å². The molecular formula is C11H14NS4+. The van der Waals surface area contributed by atoms with Gasteiger partial charge in [-0.25, -0.2) is 4.57 Å². The van der Waals surface area contributed by atoms with Gasteiger partial charge in [-0.1, -0.05) is 24.4 Å². The summed E-state index contributed by atoms with van der Waals surface area (Å²) in [7, 11) is 2.02. The Balaban J connectivity index is 3.14. The molecule has 1 aromatic heterocycles. The van der Waals surface area contributed by atoms with E-state index in [9.17, 15) is 0 Å². The Kier molecular flexibility index (Phi) is 5.37. The lowest BCUT2D eigenvalue weighted by Gasteiger charge is -2.05. The second kappa shape index (κ2) is 6.10. The molecule has 0 aromatic carbocycles. The number of aromatic nitrogens is 1. The lowest BCUT2D eigenvalue weighted by atomic mass is 10.1. The SMILES string of the molecule is Cc1cc(CC(=S)S)[n+](C)c(CC(=S)S)c1. The molecule has 5 heteroatoms. The van der Waals surface area contributed by atoms with Crippen LogP contribution in [-0.4, -0.2) is 8.39 Å². The Morgan fingerprint density at radius 2 is 1.50 bits per heavy atom. The first-order valence-electron chi connectivity index (χ1n) is 4.82. The van der Waals surface area contributed by atoms with Crippen molar-refractivity contribution in [2.75, 3.05) is 0 Å². The van der Waals surface area contributed by atoms with Gasteiger partial charge >= 0.3 is 0 Å². The predicted octanol–water partition coefficient (Wildman–Crippen LogP) is 2.42. The molecule has 0 radical (unpaired) electrons. The van der Waals surface area contributed by atoms with Gasteiger partial charge in [0.25, 0.3) is 0 Å². The van der Waals surface area contributed by atoms with E-state index in [2.05, 4.69) is 48.9 Å². The number of pyridine rings is 1. The fourth-order valence-corrected chi connectivity index (χ4v) is 2.21. The van der Waals surface area contributed by atoms with Gasteiger partial charge in [-0.05, 0) is 12.5 Å². The maximum atomic E-state index is 5.02. The normalized spacial score (nSPS) is 10.2. The molecule has 0 aliphatic heterocycles. The Morgan fingerprint density at radius 3 is 1.81 bits per heavy atom. The second-order valence-corrected chi connectivity index (χ2v) is 6.39. The van der Waals surface area contributed by atoms with Crippen molar-refractivity contribution in [2.45, 2.75) is 19.8 Å². The van der Waals surface area contributed by atoms with E-state index < -0.39 is 0 Å². The molecule has 0 saturated heterocycles. The molecule has 16 heavy (non-hydrogen) atoms. The third-order valence-corrected chi connectivity index (χ3v) is 2.92. The first-order valence-corrected chi connectivity index (χ1v) is 6.53. The molecular weight excluding hydrogens is 274 g/mol. The number of thiocarbonyl (C=S) groups is 2. The topological polar surface area (TPSA) is 3.88 Å². The average Bonchev–Trinajstić information content (AvgIpc) is 2.11. The van der Waals surface area contributed by atoms with Crippen LogP contribution in [-0.2, 0) is 19.9 Å². The number of nitrogens with zero attached hydrogens (tertiary/aromatic N) is 1.